The van der Waals surface area contributed by atoms with E-state index in [-0.39, 0.29) is 12.0 Å². The Bertz CT molecular complexity index is 300. The molecule has 0 aliphatic carbocycles. The van der Waals surface area contributed by atoms with Crippen LogP contribution in [0.1, 0.15) is 46.0 Å². The molecule has 2 saturated heterocycles. The summed E-state index contributed by atoms with van der Waals surface area (Å²) < 4.78 is 11.1. The lowest BCUT2D eigenvalue weighted by Crippen LogP contribution is -2.48. The largest absolute Gasteiger partial charge is 0.381 e. The highest BCUT2D eigenvalue weighted by atomic mass is 16.5. The molecule has 2 aliphatic heterocycles. The number of hydrogen-bond acceptors (Lipinski definition) is 3. The molecule has 20 heavy (non-hydrogen) atoms. The van der Waals surface area contributed by atoms with E-state index in [1.165, 1.54) is 12.8 Å². The molecule has 1 atom stereocenters. The average molecular weight is 283 g/mol. The third-order valence-corrected chi connectivity index (χ3v) is 4.33. The molecule has 1 amide bonds. The van der Waals surface area contributed by atoms with Crippen LogP contribution < -0.4 is 0 Å². The summed E-state index contributed by atoms with van der Waals surface area (Å²) >= 11 is 0. The number of hydrogen-bond donors (Lipinski definition) is 0. The zero-order chi connectivity index (χ0) is 14.4. The van der Waals surface area contributed by atoms with Gasteiger partial charge in [-0.15, -0.1) is 0 Å². The summed E-state index contributed by atoms with van der Waals surface area (Å²) in [5.74, 6) is 1.25. The fourth-order valence-corrected chi connectivity index (χ4v) is 3.05. The highest BCUT2D eigenvalue weighted by Gasteiger charge is 2.30. The molecule has 0 aromatic rings. The molecule has 116 valence electrons. The number of amides is 1. The molecule has 2 heterocycles. The third-order valence-electron chi connectivity index (χ3n) is 4.33. The highest BCUT2D eigenvalue weighted by molar-refractivity contribution is 5.79. The molecule has 0 radical (unpaired) electrons. The van der Waals surface area contributed by atoms with Gasteiger partial charge in [0.05, 0.1) is 12.7 Å². The maximum absolute atomic E-state index is 12.5. The molecule has 2 aliphatic rings. The predicted octanol–water partition coefficient (Wildman–Crippen LogP) is 2.47. The second-order valence-corrected chi connectivity index (χ2v) is 6.49. The topological polar surface area (TPSA) is 38.8 Å². The Labute approximate surface area is 122 Å². The van der Waals surface area contributed by atoms with Gasteiger partial charge in [-0.2, -0.15) is 0 Å². The first-order valence-electron chi connectivity index (χ1n) is 8.15. The first-order chi connectivity index (χ1) is 9.66. The average Bonchev–Trinajstić information content (AvgIpc) is 2.47. The minimum absolute atomic E-state index is 0.179. The van der Waals surface area contributed by atoms with Gasteiger partial charge >= 0.3 is 0 Å². The maximum Gasteiger partial charge on any atom is 0.226 e. The minimum Gasteiger partial charge on any atom is -0.381 e. The Kier molecular flexibility index (Phi) is 6.30. The van der Waals surface area contributed by atoms with Crippen LogP contribution in [0.2, 0.25) is 0 Å². The fourth-order valence-electron chi connectivity index (χ4n) is 3.05. The van der Waals surface area contributed by atoms with Crippen molar-refractivity contribution in [2.45, 2.75) is 52.1 Å². The van der Waals surface area contributed by atoms with Crippen molar-refractivity contribution in [3.8, 4) is 0 Å². The van der Waals surface area contributed by atoms with Crippen molar-refractivity contribution in [1.29, 1.82) is 0 Å². The van der Waals surface area contributed by atoms with E-state index in [4.69, 9.17) is 9.47 Å². The quantitative estimate of drug-likeness (QED) is 0.778. The Morgan fingerprint density at radius 2 is 2.00 bits per heavy atom. The van der Waals surface area contributed by atoms with Gasteiger partial charge in [-0.05, 0) is 25.2 Å². The second-order valence-electron chi connectivity index (χ2n) is 6.49. The van der Waals surface area contributed by atoms with E-state index < -0.39 is 0 Å². The number of nitrogens with zero attached hydrogens (tertiary/aromatic N) is 1. The molecule has 2 fully saturated rings. The van der Waals surface area contributed by atoms with Gasteiger partial charge in [0.15, 0.2) is 0 Å². The van der Waals surface area contributed by atoms with E-state index in [1.54, 1.807) is 0 Å². The minimum atomic E-state index is 0.179. The van der Waals surface area contributed by atoms with Crippen LogP contribution in [0.3, 0.4) is 0 Å². The lowest BCUT2D eigenvalue weighted by molar-refractivity contribution is -0.146. The summed E-state index contributed by atoms with van der Waals surface area (Å²) in [5.41, 5.74) is 0. The molecule has 0 N–H and O–H groups in total. The fraction of sp³-hybridized carbons (Fsp3) is 0.938. The van der Waals surface area contributed by atoms with E-state index in [1.807, 2.05) is 4.90 Å². The van der Waals surface area contributed by atoms with Crippen LogP contribution in [0, 0.1) is 11.8 Å². The standard InChI is InChI=1S/C16H29NO3/c1-13(2)4-3-5-15-12-17(8-11-20-15)16(18)14-6-9-19-10-7-14/h13-15H,3-12H2,1-2H3. The maximum atomic E-state index is 12.5. The first-order valence-corrected chi connectivity index (χ1v) is 8.15. The van der Waals surface area contributed by atoms with E-state index >= 15 is 0 Å². The van der Waals surface area contributed by atoms with Gasteiger partial charge in [0.2, 0.25) is 5.91 Å². The van der Waals surface area contributed by atoms with Crippen molar-refractivity contribution in [2.24, 2.45) is 11.8 Å². The molecule has 4 heteroatoms. The molecule has 0 saturated carbocycles. The van der Waals surface area contributed by atoms with Gasteiger partial charge in [0.25, 0.3) is 0 Å². The molecule has 0 aromatic heterocycles. The summed E-state index contributed by atoms with van der Waals surface area (Å²) in [6.07, 6.45) is 5.53. The van der Waals surface area contributed by atoms with Crippen molar-refractivity contribution < 1.29 is 14.3 Å². The smallest absolute Gasteiger partial charge is 0.226 e. The molecular weight excluding hydrogens is 254 g/mol. The lowest BCUT2D eigenvalue weighted by atomic mass is 9.97. The summed E-state index contributed by atoms with van der Waals surface area (Å²) in [5, 5.41) is 0. The van der Waals surface area contributed by atoms with E-state index in [0.717, 1.165) is 51.5 Å². The molecule has 0 spiro atoms. The van der Waals surface area contributed by atoms with Crippen molar-refractivity contribution in [1.82, 2.24) is 4.90 Å². The monoisotopic (exact) mass is 283 g/mol. The summed E-state index contributed by atoms with van der Waals surface area (Å²) in [6, 6.07) is 0. The Balaban J connectivity index is 1.75. The second kappa shape index (κ2) is 7.99. The summed E-state index contributed by atoms with van der Waals surface area (Å²) in [4.78, 5) is 14.5. The SMILES string of the molecule is CC(C)CCCC1CN(C(=O)C2CCOCC2)CCO1. The van der Waals surface area contributed by atoms with Gasteiger partial charge in [-0.25, -0.2) is 0 Å². The van der Waals surface area contributed by atoms with E-state index in [0.29, 0.717) is 12.5 Å². The molecule has 0 bridgehead atoms. The normalized spacial score (nSPS) is 25.1. The van der Waals surface area contributed by atoms with Crippen LogP contribution in [-0.2, 0) is 14.3 Å². The van der Waals surface area contributed by atoms with Crippen LogP contribution >= 0.6 is 0 Å². The van der Waals surface area contributed by atoms with E-state index in [2.05, 4.69) is 13.8 Å². The molecule has 4 nitrogen and oxygen atoms in total. The van der Waals surface area contributed by atoms with Crippen molar-refractivity contribution >= 4 is 5.91 Å². The van der Waals surface area contributed by atoms with Crippen LogP contribution in [0.5, 0.6) is 0 Å². The molecular formula is C16H29NO3. The van der Waals surface area contributed by atoms with E-state index in [9.17, 15) is 4.79 Å². The number of carbonyl (C=O) groups is 1. The Morgan fingerprint density at radius 3 is 2.70 bits per heavy atom. The summed E-state index contributed by atoms with van der Waals surface area (Å²) in [7, 11) is 0. The van der Waals surface area contributed by atoms with Gasteiger partial charge in [0, 0.05) is 32.2 Å². The highest BCUT2D eigenvalue weighted by Crippen LogP contribution is 2.21. The Hall–Kier alpha value is -0.610. The number of carbonyl (C=O) groups excluding carboxylic acids is 1. The predicted molar refractivity (Wildman–Crippen MR) is 78.6 cm³/mol. The van der Waals surface area contributed by atoms with Gasteiger partial charge < -0.3 is 14.4 Å². The van der Waals surface area contributed by atoms with Crippen LogP contribution in [0.15, 0.2) is 0 Å². The lowest BCUT2D eigenvalue weighted by Gasteiger charge is -2.36. The van der Waals surface area contributed by atoms with Gasteiger partial charge in [-0.1, -0.05) is 26.7 Å². The number of rotatable bonds is 5. The number of ether oxygens (including phenoxy) is 2. The van der Waals surface area contributed by atoms with Crippen LogP contribution in [0.4, 0.5) is 0 Å². The van der Waals surface area contributed by atoms with Crippen molar-refractivity contribution in [2.75, 3.05) is 32.9 Å². The van der Waals surface area contributed by atoms with Crippen LogP contribution in [-0.4, -0.2) is 49.8 Å². The molecule has 2 rings (SSSR count). The number of morpholine rings is 1. The first kappa shape index (κ1) is 15.8. The zero-order valence-electron chi connectivity index (χ0n) is 13.0. The third kappa shape index (κ3) is 4.74. The van der Waals surface area contributed by atoms with Crippen molar-refractivity contribution in [3.05, 3.63) is 0 Å². The zero-order valence-corrected chi connectivity index (χ0v) is 13.0. The molecule has 0 aromatic carbocycles. The van der Waals surface area contributed by atoms with Gasteiger partial charge in [0.1, 0.15) is 0 Å². The van der Waals surface area contributed by atoms with Crippen molar-refractivity contribution in [3.63, 3.8) is 0 Å². The Morgan fingerprint density at radius 1 is 1.25 bits per heavy atom. The van der Waals surface area contributed by atoms with Crippen LogP contribution in [0.25, 0.3) is 0 Å². The summed E-state index contributed by atoms with van der Waals surface area (Å²) in [6.45, 7) is 8.22. The van der Waals surface area contributed by atoms with Gasteiger partial charge in [-0.3, -0.25) is 4.79 Å². The molecule has 1 unspecified atom stereocenters.